The van der Waals surface area contributed by atoms with Gasteiger partial charge in [-0.05, 0) is 38.6 Å². The first-order chi connectivity index (χ1) is 8.79. The van der Waals surface area contributed by atoms with E-state index in [9.17, 15) is 4.79 Å². The molecule has 0 saturated carbocycles. The average Bonchev–Trinajstić information content (AvgIpc) is 3.01. The quantitative estimate of drug-likeness (QED) is 0.782. The number of nitrogens with one attached hydrogen (secondary N) is 1. The second-order valence-corrected chi connectivity index (χ2v) is 5.47. The van der Waals surface area contributed by atoms with Gasteiger partial charge < -0.3 is 15.0 Å². The Kier molecular flexibility index (Phi) is 5.45. The second kappa shape index (κ2) is 7.10. The summed E-state index contributed by atoms with van der Waals surface area (Å²) >= 11 is 0. The van der Waals surface area contributed by atoms with Crippen LogP contribution in [-0.4, -0.2) is 49.2 Å². The van der Waals surface area contributed by atoms with E-state index in [-0.39, 0.29) is 12.0 Å². The van der Waals surface area contributed by atoms with E-state index in [0.717, 1.165) is 45.5 Å². The minimum atomic E-state index is 0.174. The Morgan fingerprint density at radius 3 is 2.89 bits per heavy atom. The lowest BCUT2D eigenvalue weighted by Gasteiger charge is -2.26. The van der Waals surface area contributed by atoms with Crippen LogP contribution in [0.1, 0.15) is 45.4 Å². The number of carbonyl (C=O) groups is 1. The summed E-state index contributed by atoms with van der Waals surface area (Å²) in [6, 6.07) is 0.505. The first kappa shape index (κ1) is 13.8. The molecular formula is C14H26N2O2. The van der Waals surface area contributed by atoms with Crippen molar-refractivity contribution < 1.29 is 9.53 Å². The Labute approximate surface area is 110 Å². The lowest BCUT2D eigenvalue weighted by Crippen LogP contribution is -2.42. The monoisotopic (exact) mass is 254 g/mol. The van der Waals surface area contributed by atoms with Crippen molar-refractivity contribution in [3.8, 4) is 0 Å². The van der Waals surface area contributed by atoms with Gasteiger partial charge in [0.2, 0.25) is 5.91 Å². The lowest BCUT2D eigenvalue weighted by molar-refractivity contribution is -0.133. The molecule has 2 atom stereocenters. The molecule has 0 aromatic heterocycles. The molecule has 0 spiro atoms. The van der Waals surface area contributed by atoms with Gasteiger partial charge in [0, 0.05) is 25.7 Å². The Balaban J connectivity index is 1.80. The van der Waals surface area contributed by atoms with Crippen LogP contribution in [0.4, 0.5) is 0 Å². The number of hydrogen-bond acceptors (Lipinski definition) is 3. The maximum atomic E-state index is 12.3. The fourth-order valence-corrected chi connectivity index (χ4v) is 2.90. The summed E-state index contributed by atoms with van der Waals surface area (Å²) < 4.78 is 5.56. The Morgan fingerprint density at radius 1 is 1.39 bits per heavy atom. The van der Waals surface area contributed by atoms with E-state index in [0.29, 0.717) is 12.5 Å². The number of carbonyl (C=O) groups excluding carboxylic acids is 1. The van der Waals surface area contributed by atoms with Crippen LogP contribution < -0.4 is 5.32 Å². The Morgan fingerprint density at radius 2 is 2.28 bits per heavy atom. The van der Waals surface area contributed by atoms with Gasteiger partial charge in [0.15, 0.2) is 0 Å². The van der Waals surface area contributed by atoms with Crippen molar-refractivity contribution in [2.45, 2.75) is 57.6 Å². The highest BCUT2D eigenvalue weighted by Crippen LogP contribution is 2.17. The van der Waals surface area contributed by atoms with E-state index < -0.39 is 0 Å². The van der Waals surface area contributed by atoms with E-state index in [1.54, 1.807) is 0 Å². The molecule has 2 fully saturated rings. The molecule has 2 aliphatic rings. The van der Waals surface area contributed by atoms with Crippen LogP contribution >= 0.6 is 0 Å². The first-order valence-electron chi connectivity index (χ1n) is 7.42. The molecule has 2 aliphatic heterocycles. The summed E-state index contributed by atoms with van der Waals surface area (Å²) in [4.78, 5) is 14.3. The van der Waals surface area contributed by atoms with Gasteiger partial charge in [-0.15, -0.1) is 0 Å². The second-order valence-electron chi connectivity index (χ2n) is 5.47. The van der Waals surface area contributed by atoms with Crippen LogP contribution in [0.25, 0.3) is 0 Å². The average molecular weight is 254 g/mol. The predicted octanol–water partition coefficient (Wildman–Crippen LogP) is 1.55. The molecule has 104 valence electrons. The van der Waals surface area contributed by atoms with Gasteiger partial charge in [0.1, 0.15) is 0 Å². The van der Waals surface area contributed by atoms with Crippen LogP contribution in [0.5, 0.6) is 0 Å². The molecule has 2 rings (SSSR count). The zero-order chi connectivity index (χ0) is 12.8. The maximum absolute atomic E-state index is 12.3. The van der Waals surface area contributed by atoms with Gasteiger partial charge in [-0.25, -0.2) is 0 Å². The topological polar surface area (TPSA) is 41.6 Å². The molecule has 0 aromatic carbocycles. The number of hydrogen-bond donors (Lipinski definition) is 1. The smallest absolute Gasteiger partial charge is 0.225 e. The van der Waals surface area contributed by atoms with Crippen LogP contribution in [0, 0.1) is 0 Å². The number of nitrogens with zero attached hydrogens (tertiary/aromatic N) is 1. The molecule has 2 heterocycles. The molecule has 0 aromatic rings. The van der Waals surface area contributed by atoms with E-state index in [1.165, 1.54) is 12.8 Å². The highest BCUT2D eigenvalue weighted by Gasteiger charge is 2.25. The van der Waals surface area contributed by atoms with E-state index in [2.05, 4.69) is 12.2 Å². The van der Waals surface area contributed by atoms with Crippen molar-refractivity contribution in [2.75, 3.05) is 26.2 Å². The highest BCUT2D eigenvalue weighted by molar-refractivity contribution is 5.76. The SMILES string of the molecule is CCCN(CC1CCCN1)C(=O)CC1CCCO1. The minimum Gasteiger partial charge on any atom is -0.378 e. The molecule has 2 saturated heterocycles. The van der Waals surface area contributed by atoms with Crippen LogP contribution in [0.3, 0.4) is 0 Å². The van der Waals surface area contributed by atoms with Crippen molar-refractivity contribution in [3.63, 3.8) is 0 Å². The van der Waals surface area contributed by atoms with Gasteiger partial charge >= 0.3 is 0 Å². The third-order valence-corrected chi connectivity index (χ3v) is 3.88. The summed E-state index contributed by atoms with van der Waals surface area (Å²) in [5.41, 5.74) is 0. The van der Waals surface area contributed by atoms with Gasteiger partial charge in [-0.3, -0.25) is 4.79 Å². The van der Waals surface area contributed by atoms with Crippen molar-refractivity contribution in [1.29, 1.82) is 0 Å². The zero-order valence-corrected chi connectivity index (χ0v) is 11.5. The Bertz CT molecular complexity index is 259. The van der Waals surface area contributed by atoms with Gasteiger partial charge in [0.05, 0.1) is 12.5 Å². The van der Waals surface area contributed by atoms with Crippen LogP contribution in [0.2, 0.25) is 0 Å². The van der Waals surface area contributed by atoms with Crippen molar-refractivity contribution >= 4 is 5.91 Å². The van der Waals surface area contributed by atoms with Crippen LogP contribution in [-0.2, 0) is 9.53 Å². The summed E-state index contributed by atoms with van der Waals surface area (Å²) in [5, 5.41) is 3.47. The summed E-state index contributed by atoms with van der Waals surface area (Å²) in [7, 11) is 0. The molecule has 4 heteroatoms. The van der Waals surface area contributed by atoms with Crippen molar-refractivity contribution in [2.24, 2.45) is 0 Å². The molecule has 0 radical (unpaired) electrons. The summed E-state index contributed by atoms with van der Waals surface area (Å²) in [6.45, 7) is 5.82. The molecule has 4 nitrogen and oxygen atoms in total. The zero-order valence-electron chi connectivity index (χ0n) is 11.5. The summed E-state index contributed by atoms with van der Waals surface area (Å²) in [6.07, 6.45) is 6.38. The van der Waals surface area contributed by atoms with Crippen molar-refractivity contribution in [1.82, 2.24) is 10.2 Å². The maximum Gasteiger partial charge on any atom is 0.225 e. The first-order valence-corrected chi connectivity index (χ1v) is 7.42. The van der Waals surface area contributed by atoms with Crippen molar-refractivity contribution in [3.05, 3.63) is 0 Å². The fourth-order valence-electron chi connectivity index (χ4n) is 2.90. The Hall–Kier alpha value is -0.610. The largest absolute Gasteiger partial charge is 0.378 e. The number of rotatable bonds is 6. The molecule has 0 bridgehead atoms. The van der Waals surface area contributed by atoms with Gasteiger partial charge in [0.25, 0.3) is 0 Å². The normalized spacial score (nSPS) is 27.6. The number of ether oxygens (including phenoxy) is 1. The standard InChI is InChI=1S/C14H26N2O2/c1-2-8-16(11-12-5-3-7-15-12)14(17)10-13-6-4-9-18-13/h12-13,15H,2-11H2,1H3. The lowest BCUT2D eigenvalue weighted by atomic mass is 10.1. The molecule has 1 N–H and O–H groups in total. The third kappa shape index (κ3) is 3.95. The number of amides is 1. The highest BCUT2D eigenvalue weighted by atomic mass is 16.5. The van der Waals surface area contributed by atoms with E-state index in [1.807, 2.05) is 4.90 Å². The van der Waals surface area contributed by atoms with Gasteiger partial charge in [-0.2, -0.15) is 0 Å². The summed E-state index contributed by atoms with van der Waals surface area (Å²) in [5.74, 6) is 0.275. The minimum absolute atomic E-state index is 0.174. The molecular weight excluding hydrogens is 228 g/mol. The van der Waals surface area contributed by atoms with E-state index >= 15 is 0 Å². The predicted molar refractivity (Wildman–Crippen MR) is 71.5 cm³/mol. The van der Waals surface area contributed by atoms with E-state index in [4.69, 9.17) is 4.74 Å². The third-order valence-electron chi connectivity index (χ3n) is 3.88. The fraction of sp³-hybridized carbons (Fsp3) is 0.929. The molecule has 18 heavy (non-hydrogen) atoms. The molecule has 0 aliphatic carbocycles. The van der Waals surface area contributed by atoms with Crippen LogP contribution in [0.15, 0.2) is 0 Å². The molecule has 2 unspecified atom stereocenters. The molecule has 1 amide bonds. The van der Waals surface area contributed by atoms with Gasteiger partial charge in [-0.1, -0.05) is 6.92 Å².